The molecule has 0 unspecified atom stereocenters. The number of rotatable bonds is 3. The lowest BCUT2D eigenvalue weighted by atomic mass is 9.81. The van der Waals surface area contributed by atoms with Crippen molar-refractivity contribution in [3.63, 3.8) is 0 Å². The Bertz CT molecular complexity index is 610. The molecule has 6 nitrogen and oxygen atoms in total. The van der Waals surface area contributed by atoms with Crippen LogP contribution in [0.15, 0.2) is 24.3 Å². The number of carboxylic acid groups (broad SMARTS) is 1. The SMILES string of the molecule is Cn1nnc(CC2(C(=O)O)Cc3ccccc3C2)n1. The van der Waals surface area contributed by atoms with Gasteiger partial charge in [0.1, 0.15) is 0 Å². The highest BCUT2D eigenvalue weighted by molar-refractivity contribution is 5.77. The molecular formula is C13H14N4O2. The summed E-state index contributed by atoms with van der Waals surface area (Å²) in [5, 5.41) is 21.4. The second-order valence-corrected chi connectivity index (χ2v) is 5.08. The Hall–Kier alpha value is -2.24. The van der Waals surface area contributed by atoms with Crippen LogP contribution in [-0.4, -0.2) is 31.3 Å². The molecule has 19 heavy (non-hydrogen) atoms. The van der Waals surface area contributed by atoms with Crippen molar-refractivity contribution >= 4 is 5.97 Å². The molecule has 1 aromatic heterocycles. The first-order chi connectivity index (χ1) is 9.09. The monoisotopic (exact) mass is 258 g/mol. The van der Waals surface area contributed by atoms with Crippen LogP contribution in [-0.2, 0) is 31.1 Å². The average Bonchev–Trinajstić information content (AvgIpc) is 2.93. The van der Waals surface area contributed by atoms with E-state index < -0.39 is 11.4 Å². The zero-order valence-electron chi connectivity index (χ0n) is 10.6. The third-order valence-electron chi connectivity index (χ3n) is 3.68. The number of hydrogen-bond acceptors (Lipinski definition) is 4. The van der Waals surface area contributed by atoms with Gasteiger partial charge in [0.25, 0.3) is 0 Å². The summed E-state index contributed by atoms with van der Waals surface area (Å²) in [7, 11) is 1.67. The van der Waals surface area contributed by atoms with Crippen molar-refractivity contribution in [1.82, 2.24) is 20.2 Å². The number of aromatic nitrogens is 4. The van der Waals surface area contributed by atoms with E-state index in [1.807, 2.05) is 24.3 Å². The summed E-state index contributed by atoms with van der Waals surface area (Å²) < 4.78 is 0. The molecule has 2 aromatic rings. The fraction of sp³-hybridized carbons (Fsp3) is 0.385. The van der Waals surface area contributed by atoms with Gasteiger partial charge in [0, 0.05) is 6.42 Å². The highest BCUT2D eigenvalue weighted by Gasteiger charge is 2.45. The first-order valence-corrected chi connectivity index (χ1v) is 6.12. The van der Waals surface area contributed by atoms with Gasteiger partial charge in [-0.1, -0.05) is 24.3 Å². The molecule has 0 spiro atoms. The Morgan fingerprint density at radius 2 is 2.00 bits per heavy atom. The van der Waals surface area contributed by atoms with Crippen LogP contribution in [0, 0.1) is 5.41 Å². The van der Waals surface area contributed by atoms with Crippen LogP contribution < -0.4 is 0 Å². The van der Waals surface area contributed by atoms with Gasteiger partial charge in [-0.3, -0.25) is 4.79 Å². The van der Waals surface area contributed by atoms with E-state index in [9.17, 15) is 9.90 Å². The highest BCUT2D eigenvalue weighted by atomic mass is 16.4. The van der Waals surface area contributed by atoms with Crippen molar-refractivity contribution in [2.75, 3.05) is 0 Å². The molecule has 1 aliphatic rings. The normalized spacial score (nSPS) is 16.3. The minimum Gasteiger partial charge on any atom is -0.481 e. The Kier molecular flexibility index (Phi) is 2.58. The van der Waals surface area contributed by atoms with E-state index >= 15 is 0 Å². The van der Waals surface area contributed by atoms with E-state index in [1.165, 1.54) is 4.80 Å². The summed E-state index contributed by atoms with van der Waals surface area (Å²) in [4.78, 5) is 13.1. The van der Waals surface area contributed by atoms with Crippen LogP contribution in [0.1, 0.15) is 17.0 Å². The van der Waals surface area contributed by atoms with Crippen LogP contribution in [0.2, 0.25) is 0 Å². The predicted octanol–water partition coefficient (Wildman–Crippen LogP) is 0.622. The van der Waals surface area contributed by atoms with Crippen LogP contribution in [0.5, 0.6) is 0 Å². The maximum absolute atomic E-state index is 11.7. The fourth-order valence-corrected chi connectivity index (χ4v) is 2.74. The largest absolute Gasteiger partial charge is 0.481 e. The number of hydrogen-bond donors (Lipinski definition) is 1. The molecule has 6 heteroatoms. The van der Waals surface area contributed by atoms with Gasteiger partial charge in [-0.05, 0) is 29.2 Å². The third-order valence-corrected chi connectivity index (χ3v) is 3.68. The lowest BCUT2D eigenvalue weighted by molar-refractivity contribution is -0.148. The lowest BCUT2D eigenvalue weighted by Gasteiger charge is -2.21. The summed E-state index contributed by atoms with van der Waals surface area (Å²) in [6, 6.07) is 7.86. The Morgan fingerprint density at radius 3 is 2.47 bits per heavy atom. The van der Waals surface area contributed by atoms with Gasteiger partial charge in [0.15, 0.2) is 5.82 Å². The van der Waals surface area contributed by atoms with E-state index in [1.54, 1.807) is 7.05 Å². The molecule has 0 aliphatic heterocycles. The summed E-state index contributed by atoms with van der Waals surface area (Å²) in [5.74, 6) is -0.311. The maximum Gasteiger partial charge on any atom is 0.310 e. The first kappa shape index (κ1) is 11.8. The minimum absolute atomic E-state index is 0.310. The summed E-state index contributed by atoms with van der Waals surface area (Å²) in [5.41, 5.74) is 1.37. The quantitative estimate of drug-likeness (QED) is 0.873. The van der Waals surface area contributed by atoms with Crippen LogP contribution in [0.3, 0.4) is 0 Å². The maximum atomic E-state index is 11.7. The van der Waals surface area contributed by atoms with Gasteiger partial charge in [-0.15, -0.1) is 10.2 Å². The van der Waals surface area contributed by atoms with Gasteiger partial charge in [-0.2, -0.15) is 4.80 Å². The molecule has 98 valence electrons. The van der Waals surface area contributed by atoms with Crippen LogP contribution >= 0.6 is 0 Å². The molecule has 0 saturated heterocycles. The number of aryl methyl sites for hydroxylation is 1. The van der Waals surface area contributed by atoms with Gasteiger partial charge in [0.2, 0.25) is 0 Å². The summed E-state index contributed by atoms with van der Waals surface area (Å²) >= 11 is 0. The van der Waals surface area contributed by atoms with Gasteiger partial charge >= 0.3 is 5.97 Å². The standard InChI is InChI=1S/C13H14N4O2/c1-17-15-11(14-16-17)8-13(12(18)19)6-9-4-2-3-5-10(9)7-13/h2-5H,6-8H2,1H3,(H,18,19). The van der Waals surface area contributed by atoms with Gasteiger partial charge < -0.3 is 5.11 Å². The zero-order valence-corrected chi connectivity index (χ0v) is 10.6. The molecule has 3 rings (SSSR count). The van der Waals surface area contributed by atoms with E-state index in [-0.39, 0.29) is 0 Å². The molecule has 0 saturated carbocycles. The molecule has 0 bridgehead atoms. The lowest BCUT2D eigenvalue weighted by Crippen LogP contribution is -2.34. The smallest absolute Gasteiger partial charge is 0.310 e. The first-order valence-electron chi connectivity index (χ1n) is 6.12. The second-order valence-electron chi connectivity index (χ2n) is 5.08. The molecule has 1 aliphatic carbocycles. The van der Waals surface area contributed by atoms with Crippen molar-refractivity contribution in [1.29, 1.82) is 0 Å². The molecule has 0 radical (unpaired) electrons. The third kappa shape index (κ3) is 1.99. The minimum atomic E-state index is -0.841. The van der Waals surface area contributed by atoms with Crippen molar-refractivity contribution in [2.24, 2.45) is 12.5 Å². The molecule has 0 fully saturated rings. The van der Waals surface area contributed by atoms with Gasteiger partial charge in [0.05, 0.1) is 12.5 Å². The van der Waals surface area contributed by atoms with Crippen LogP contribution in [0.25, 0.3) is 0 Å². The van der Waals surface area contributed by atoms with Crippen molar-refractivity contribution < 1.29 is 9.90 Å². The fourth-order valence-electron chi connectivity index (χ4n) is 2.74. The summed E-state index contributed by atoms with van der Waals surface area (Å²) in [6.07, 6.45) is 1.36. The van der Waals surface area contributed by atoms with E-state index in [0.29, 0.717) is 25.1 Å². The van der Waals surface area contributed by atoms with Crippen molar-refractivity contribution in [2.45, 2.75) is 19.3 Å². The number of carboxylic acids is 1. The van der Waals surface area contributed by atoms with Crippen LogP contribution in [0.4, 0.5) is 0 Å². The number of tetrazole rings is 1. The Labute approximate surface area is 110 Å². The number of benzene rings is 1. The van der Waals surface area contributed by atoms with E-state index in [4.69, 9.17) is 0 Å². The molecule has 1 N–H and O–H groups in total. The van der Waals surface area contributed by atoms with E-state index in [0.717, 1.165) is 11.1 Å². The Morgan fingerprint density at radius 1 is 1.37 bits per heavy atom. The predicted molar refractivity (Wildman–Crippen MR) is 66.4 cm³/mol. The van der Waals surface area contributed by atoms with Crippen molar-refractivity contribution in [3.05, 3.63) is 41.2 Å². The Balaban J connectivity index is 1.93. The summed E-state index contributed by atoms with van der Waals surface area (Å²) in [6.45, 7) is 0. The molecule has 1 aromatic carbocycles. The number of aliphatic carboxylic acids is 1. The molecule has 0 atom stereocenters. The van der Waals surface area contributed by atoms with Gasteiger partial charge in [-0.25, -0.2) is 0 Å². The second kappa shape index (κ2) is 4.15. The van der Waals surface area contributed by atoms with Crippen molar-refractivity contribution in [3.8, 4) is 0 Å². The number of fused-ring (bicyclic) bond motifs is 1. The topological polar surface area (TPSA) is 80.9 Å². The number of carbonyl (C=O) groups is 1. The average molecular weight is 258 g/mol. The number of nitrogens with zero attached hydrogens (tertiary/aromatic N) is 4. The molecular weight excluding hydrogens is 244 g/mol. The van der Waals surface area contributed by atoms with E-state index in [2.05, 4.69) is 15.4 Å². The zero-order chi connectivity index (χ0) is 13.5. The molecule has 0 amide bonds. The molecule has 1 heterocycles. The highest BCUT2D eigenvalue weighted by Crippen LogP contribution is 2.39.